The molecule has 1 amide bonds. The van der Waals surface area contributed by atoms with Gasteiger partial charge in [-0.1, -0.05) is 43.3 Å². The van der Waals surface area contributed by atoms with E-state index >= 15 is 0 Å². The van der Waals surface area contributed by atoms with Crippen molar-refractivity contribution in [3.05, 3.63) is 59.7 Å². The van der Waals surface area contributed by atoms with Crippen molar-refractivity contribution in [2.45, 2.75) is 32.1 Å². The Kier molecular flexibility index (Phi) is 7.33. The van der Waals surface area contributed by atoms with E-state index < -0.39 is 0 Å². The van der Waals surface area contributed by atoms with Gasteiger partial charge in [-0.05, 0) is 36.1 Å². The fraction of sp³-hybridized carbons (Fsp3) is 0.381. The predicted molar refractivity (Wildman–Crippen MR) is 100 cm³/mol. The highest BCUT2D eigenvalue weighted by atomic mass is 16.5. The maximum absolute atomic E-state index is 12.2. The minimum Gasteiger partial charge on any atom is -0.493 e. The van der Waals surface area contributed by atoms with E-state index in [2.05, 4.69) is 24.4 Å². The standard InChI is InChI=1S/C21H27NO3/c1-4-17(18-8-6-5-7-9-18)15-22-21(23)13-11-16-10-12-19(24-2)20(14-16)25-3/h5-10,12,14,17H,4,11,13,15H2,1-3H3,(H,22,23). The summed E-state index contributed by atoms with van der Waals surface area (Å²) in [4.78, 5) is 12.2. The summed E-state index contributed by atoms with van der Waals surface area (Å²) in [6, 6.07) is 16.1. The van der Waals surface area contributed by atoms with E-state index in [0.717, 1.165) is 12.0 Å². The number of hydrogen-bond donors (Lipinski definition) is 1. The molecule has 1 unspecified atom stereocenters. The topological polar surface area (TPSA) is 47.6 Å². The van der Waals surface area contributed by atoms with Crippen molar-refractivity contribution in [3.63, 3.8) is 0 Å². The first-order chi connectivity index (χ1) is 12.2. The second kappa shape index (κ2) is 9.72. The molecule has 1 atom stereocenters. The van der Waals surface area contributed by atoms with Crippen LogP contribution in [0.25, 0.3) is 0 Å². The first-order valence-electron chi connectivity index (χ1n) is 8.70. The monoisotopic (exact) mass is 341 g/mol. The molecule has 1 N–H and O–H groups in total. The molecule has 0 radical (unpaired) electrons. The molecule has 0 aliphatic carbocycles. The van der Waals surface area contributed by atoms with E-state index in [1.807, 2.05) is 36.4 Å². The number of carbonyl (C=O) groups is 1. The van der Waals surface area contributed by atoms with E-state index in [-0.39, 0.29) is 5.91 Å². The van der Waals surface area contributed by atoms with Gasteiger partial charge in [0, 0.05) is 18.9 Å². The first-order valence-corrected chi connectivity index (χ1v) is 8.70. The number of carbonyl (C=O) groups excluding carboxylic acids is 1. The lowest BCUT2D eigenvalue weighted by atomic mass is 9.96. The number of aryl methyl sites for hydroxylation is 1. The Hall–Kier alpha value is -2.49. The van der Waals surface area contributed by atoms with Gasteiger partial charge >= 0.3 is 0 Å². The maximum atomic E-state index is 12.2. The molecule has 0 heterocycles. The Morgan fingerprint density at radius 3 is 2.40 bits per heavy atom. The van der Waals surface area contributed by atoms with Gasteiger partial charge in [0.1, 0.15) is 0 Å². The summed E-state index contributed by atoms with van der Waals surface area (Å²) in [5, 5.41) is 3.06. The summed E-state index contributed by atoms with van der Waals surface area (Å²) in [6.07, 6.45) is 2.13. The molecule has 0 aromatic heterocycles. The number of ether oxygens (including phenoxy) is 2. The zero-order valence-corrected chi connectivity index (χ0v) is 15.2. The Morgan fingerprint density at radius 2 is 1.76 bits per heavy atom. The van der Waals surface area contributed by atoms with Gasteiger partial charge in [0.2, 0.25) is 5.91 Å². The molecule has 2 aromatic carbocycles. The van der Waals surface area contributed by atoms with Crippen molar-refractivity contribution < 1.29 is 14.3 Å². The second-order valence-corrected chi connectivity index (χ2v) is 6.01. The Balaban J connectivity index is 1.84. The van der Waals surface area contributed by atoms with Gasteiger partial charge in [0.15, 0.2) is 11.5 Å². The lowest BCUT2D eigenvalue weighted by Crippen LogP contribution is -2.28. The van der Waals surface area contributed by atoms with Gasteiger partial charge in [-0.2, -0.15) is 0 Å². The molecule has 0 aliphatic heterocycles. The first kappa shape index (κ1) is 18.8. The Labute approximate surface area is 150 Å². The fourth-order valence-electron chi connectivity index (χ4n) is 2.84. The molecule has 2 aromatic rings. The highest BCUT2D eigenvalue weighted by Crippen LogP contribution is 2.28. The van der Waals surface area contributed by atoms with Crippen LogP contribution in [0, 0.1) is 0 Å². The van der Waals surface area contributed by atoms with Gasteiger partial charge < -0.3 is 14.8 Å². The quantitative estimate of drug-likeness (QED) is 0.751. The number of amides is 1. The third kappa shape index (κ3) is 5.52. The van der Waals surface area contributed by atoms with E-state index in [9.17, 15) is 4.79 Å². The molecule has 4 nitrogen and oxygen atoms in total. The van der Waals surface area contributed by atoms with Crippen LogP contribution in [-0.4, -0.2) is 26.7 Å². The van der Waals surface area contributed by atoms with E-state index in [4.69, 9.17) is 9.47 Å². The van der Waals surface area contributed by atoms with E-state index in [1.165, 1.54) is 5.56 Å². The third-order valence-electron chi connectivity index (χ3n) is 4.40. The van der Waals surface area contributed by atoms with Gasteiger partial charge in [-0.25, -0.2) is 0 Å². The van der Waals surface area contributed by atoms with Crippen LogP contribution in [-0.2, 0) is 11.2 Å². The average molecular weight is 341 g/mol. The molecule has 0 spiro atoms. The molecule has 4 heteroatoms. The summed E-state index contributed by atoms with van der Waals surface area (Å²) in [5.74, 6) is 1.82. The van der Waals surface area contributed by atoms with Crippen molar-refractivity contribution in [2.24, 2.45) is 0 Å². The van der Waals surface area contributed by atoms with Gasteiger partial charge in [-0.15, -0.1) is 0 Å². The van der Waals surface area contributed by atoms with Crippen LogP contribution in [0.4, 0.5) is 0 Å². The van der Waals surface area contributed by atoms with Crippen LogP contribution in [0.3, 0.4) is 0 Å². The number of benzene rings is 2. The largest absolute Gasteiger partial charge is 0.493 e. The molecule has 0 saturated carbocycles. The SMILES string of the molecule is CCC(CNC(=O)CCc1ccc(OC)c(OC)c1)c1ccccc1. The number of methoxy groups -OCH3 is 2. The lowest BCUT2D eigenvalue weighted by Gasteiger charge is -2.16. The van der Waals surface area contributed by atoms with Crippen LogP contribution in [0.15, 0.2) is 48.5 Å². The van der Waals surface area contributed by atoms with Gasteiger partial charge in [-0.3, -0.25) is 4.79 Å². The van der Waals surface area contributed by atoms with Crippen LogP contribution in [0.2, 0.25) is 0 Å². The molecular weight excluding hydrogens is 314 g/mol. The molecule has 0 bridgehead atoms. The third-order valence-corrected chi connectivity index (χ3v) is 4.40. The zero-order valence-electron chi connectivity index (χ0n) is 15.2. The van der Waals surface area contributed by atoms with Crippen LogP contribution < -0.4 is 14.8 Å². The lowest BCUT2D eigenvalue weighted by molar-refractivity contribution is -0.121. The smallest absolute Gasteiger partial charge is 0.220 e. The molecule has 25 heavy (non-hydrogen) atoms. The minimum atomic E-state index is 0.0733. The van der Waals surface area contributed by atoms with Crippen LogP contribution >= 0.6 is 0 Å². The molecule has 0 fully saturated rings. The molecule has 0 aliphatic rings. The number of nitrogens with one attached hydrogen (secondary N) is 1. The minimum absolute atomic E-state index is 0.0733. The summed E-state index contributed by atoms with van der Waals surface area (Å²) >= 11 is 0. The zero-order chi connectivity index (χ0) is 18.1. The highest BCUT2D eigenvalue weighted by molar-refractivity contribution is 5.76. The van der Waals surface area contributed by atoms with Crippen molar-refractivity contribution in [2.75, 3.05) is 20.8 Å². The molecule has 134 valence electrons. The van der Waals surface area contributed by atoms with E-state index in [0.29, 0.717) is 36.8 Å². The molecule has 2 rings (SSSR count). The molecule has 0 saturated heterocycles. The van der Waals surface area contributed by atoms with Crippen molar-refractivity contribution in [1.29, 1.82) is 0 Å². The van der Waals surface area contributed by atoms with Crippen molar-refractivity contribution in [1.82, 2.24) is 5.32 Å². The van der Waals surface area contributed by atoms with Crippen molar-refractivity contribution >= 4 is 5.91 Å². The second-order valence-electron chi connectivity index (χ2n) is 6.01. The summed E-state index contributed by atoms with van der Waals surface area (Å²) in [6.45, 7) is 2.82. The van der Waals surface area contributed by atoms with Crippen molar-refractivity contribution in [3.8, 4) is 11.5 Å². The highest BCUT2D eigenvalue weighted by Gasteiger charge is 2.11. The summed E-state index contributed by atoms with van der Waals surface area (Å²) in [5.41, 5.74) is 2.33. The fourth-order valence-corrected chi connectivity index (χ4v) is 2.84. The maximum Gasteiger partial charge on any atom is 0.220 e. The van der Waals surface area contributed by atoms with Gasteiger partial charge in [0.25, 0.3) is 0 Å². The van der Waals surface area contributed by atoms with Crippen LogP contribution in [0.5, 0.6) is 11.5 Å². The average Bonchev–Trinajstić information content (AvgIpc) is 2.67. The normalized spacial score (nSPS) is 11.6. The number of rotatable bonds is 9. The number of hydrogen-bond acceptors (Lipinski definition) is 3. The molecular formula is C21H27NO3. The summed E-state index contributed by atoms with van der Waals surface area (Å²) < 4.78 is 10.5. The summed E-state index contributed by atoms with van der Waals surface area (Å²) in [7, 11) is 3.23. The van der Waals surface area contributed by atoms with Gasteiger partial charge in [0.05, 0.1) is 14.2 Å². The van der Waals surface area contributed by atoms with Crippen LogP contribution in [0.1, 0.15) is 36.8 Å². The van der Waals surface area contributed by atoms with E-state index in [1.54, 1.807) is 14.2 Å². The predicted octanol–water partition coefficient (Wildman–Crippen LogP) is 3.95. The Bertz CT molecular complexity index is 670. The Morgan fingerprint density at radius 1 is 1.04 bits per heavy atom.